The molecule has 7 heteroatoms. The number of hydrazone groups is 1. The zero-order valence-corrected chi connectivity index (χ0v) is 12.1. The highest BCUT2D eigenvalue weighted by Gasteiger charge is 2.18. The summed E-state index contributed by atoms with van der Waals surface area (Å²) >= 11 is 0. The quantitative estimate of drug-likeness (QED) is 0.787. The summed E-state index contributed by atoms with van der Waals surface area (Å²) in [5, 5.41) is 7.58. The molecule has 0 fully saturated rings. The molecule has 0 unspecified atom stereocenters. The van der Waals surface area contributed by atoms with Crippen LogP contribution >= 0.6 is 0 Å². The summed E-state index contributed by atoms with van der Waals surface area (Å²) in [7, 11) is 1.62. The van der Waals surface area contributed by atoms with Gasteiger partial charge in [-0.3, -0.25) is 9.59 Å². The van der Waals surface area contributed by atoms with E-state index in [1.165, 1.54) is 0 Å². The van der Waals surface area contributed by atoms with E-state index in [2.05, 4.69) is 20.8 Å². The first kappa shape index (κ1) is 14.1. The largest absolute Gasteiger partial charge is 0.497 e. The molecule has 114 valence electrons. The summed E-state index contributed by atoms with van der Waals surface area (Å²) in [6.45, 7) is 0.364. The van der Waals surface area contributed by atoms with E-state index in [1.807, 2.05) is 24.3 Å². The van der Waals surface area contributed by atoms with Crippen molar-refractivity contribution in [1.29, 1.82) is 0 Å². The SMILES string of the molecule is COc1ccc2[nH]c(CNC(=O)C3=NNC(=O)CC3)cc2c1. The van der Waals surface area contributed by atoms with Crippen molar-refractivity contribution in [3.05, 3.63) is 30.0 Å². The van der Waals surface area contributed by atoms with Crippen molar-refractivity contribution in [2.75, 3.05) is 7.11 Å². The first-order chi connectivity index (χ1) is 10.7. The van der Waals surface area contributed by atoms with Gasteiger partial charge in [0.25, 0.3) is 5.91 Å². The predicted octanol–water partition coefficient (Wildman–Crippen LogP) is 1.06. The zero-order valence-electron chi connectivity index (χ0n) is 12.1. The lowest BCUT2D eigenvalue weighted by atomic mass is 10.1. The van der Waals surface area contributed by atoms with E-state index in [0.29, 0.717) is 25.1 Å². The maximum Gasteiger partial charge on any atom is 0.267 e. The van der Waals surface area contributed by atoms with E-state index < -0.39 is 0 Å². The molecule has 0 saturated carbocycles. The molecular formula is C15H16N4O3. The lowest BCUT2D eigenvalue weighted by Crippen LogP contribution is -2.36. The van der Waals surface area contributed by atoms with Crippen LogP contribution in [-0.2, 0) is 16.1 Å². The lowest BCUT2D eigenvalue weighted by Gasteiger charge is -2.11. The molecule has 0 radical (unpaired) electrons. The van der Waals surface area contributed by atoms with E-state index in [9.17, 15) is 9.59 Å². The summed E-state index contributed by atoms with van der Waals surface area (Å²) in [5.74, 6) is 0.353. The lowest BCUT2D eigenvalue weighted by molar-refractivity contribution is -0.121. The molecule has 0 saturated heterocycles. The minimum absolute atomic E-state index is 0.166. The van der Waals surface area contributed by atoms with Gasteiger partial charge in [0, 0.05) is 29.4 Å². The maximum absolute atomic E-state index is 12.0. The number of rotatable bonds is 4. The Morgan fingerprint density at radius 2 is 2.23 bits per heavy atom. The number of benzene rings is 1. The van der Waals surface area contributed by atoms with Gasteiger partial charge in [-0.05, 0) is 24.3 Å². The maximum atomic E-state index is 12.0. The van der Waals surface area contributed by atoms with Gasteiger partial charge in [-0.1, -0.05) is 0 Å². The summed E-state index contributed by atoms with van der Waals surface area (Å²) in [6, 6.07) is 7.70. The number of nitrogens with zero attached hydrogens (tertiary/aromatic N) is 1. The summed E-state index contributed by atoms with van der Waals surface area (Å²) in [5.41, 5.74) is 4.52. The fourth-order valence-electron chi connectivity index (χ4n) is 2.31. The van der Waals surface area contributed by atoms with E-state index in [4.69, 9.17) is 4.74 Å². The van der Waals surface area contributed by atoms with Gasteiger partial charge < -0.3 is 15.0 Å². The minimum atomic E-state index is -0.267. The third-order valence-corrected chi connectivity index (χ3v) is 3.49. The number of aromatic amines is 1. The number of H-pyrrole nitrogens is 1. The van der Waals surface area contributed by atoms with Crippen LogP contribution in [0.25, 0.3) is 10.9 Å². The third-order valence-electron chi connectivity index (χ3n) is 3.49. The van der Waals surface area contributed by atoms with Crippen LogP contribution in [0.4, 0.5) is 0 Å². The van der Waals surface area contributed by atoms with E-state index in [0.717, 1.165) is 22.3 Å². The van der Waals surface area contributed by atoms with Crippen molar-refractivity contribution in [2.24, 2.45) is 5.10 Å². The Hall–Kier alpha value is -2.83. The molecule has 0 atom stereocenters. The van der Waals surface area contributed by atoms with E-state index >= 15 is 0 Å². The highest BCUT2D eigenvalue weighted by Crippen LogP contribution is 2.21. The molecule has 0 bridgehead atoms. The number of carbonyl (C=O) groups is 2. The molecule has 1 aliphatic heterocycles. The number of hydrogen-bond acceptors (Lipinski definition) is 4. The van der Waals surface area contributed by atoms with Crippen molar-refractivity contribution in [1.82, 2.24) is 15.7 Å². The number of methoxy groups -OCH3 is 1. The summed E-state index contributed by atoms with van der Waals surface area (Å²) < 4.78 is 5.18. The smallest absolute Gasteiger partial charge is 0.267 e. The Morgan fingerprint density at radius 1 is 1.36 bits per heavy atom. The van der Waals surface area contributed by atoms with E-state index in [1.54, 1.807) is 7.11 Å². The first-order valence-electron chi connectivity index (χ1n) is 6.95. The summed E-state index contributed by atoms with van der Waals surface area (Å²) in [6.07, 6.45) is 0.653. The molecule has 7 nitrogen and oxygen atoms in total. The van der Waals surface area contributed by atoms with E-state index in [-0.39, 0.29) is 11.8 Å². The monoisotopic (exact) mass is 300 g/mol. The van der Waals surface area contributed by atoms with Crippen LogP contribution in [0.2, 0.25) is 0 Å². The fourth-order valence-corrected chi connectivity index (χ4v) is 2.31. The van der Waals surface area contributed by atoms with Crippen LogP contribution in [0.1, 0.15) is 18.5 Å². The van der Waals surface area contributed by atoms with Crippen LogP contribution in [-0.4, -0.2) is 29.6 Å². The van der Waals surface area contributed by atoms with Crippen LogP contribution in [0, 0.1) is 0 Å². The Morgan fingerprint density at radius 3 is 2.95 bits per heavy atom. The number of aromatic nitrogens is 1. The molecule has 22 heavy (non-hydrogen) atoms. The Bertz CT molecular complexity index is 763. The molecule has 2 heterocycles. The van der Waals surface area contributed by atoms with Crippen LogP contribution < -0.4 is 15.5 Å². The van der Waals surface area contributed by atoms with Gasteiger partial charge in [-0.2, -0.15) is 5.10 Å². The standard InChI is InChI=1S/C15H16N4O3/c1-22-11-2-3-12-9(7-11)6-10(17-12)8-16-15(21)13-4-5-14(20)19-18-13/h2-3,6-7,17H,4-5,8H2,1H3,(H,16,21)(H,19,20). The molecule has 1 aliphatic rings. The second-order valence-electron chi connectivity index (χ2n) is 5.02. The number of ether oxygens (including phenoxy) is 1. The van der Waals surface area contributed by atoms with Crippen molar-refractivity contribution in [2.45, 2.75) is 19.4 Å². The fraction of sp³-hybridized carbons (Fsp3) is 0.267. The van der Waals surface area contributed by atoms with Gasteiger partial charge in [0.15, 0.2) is 0 Å². The van der Waals surface area contributed by atoms with Crippen molar-refractivity contribution < 1.29 is 14.3 Å². The van der Waals surface area contributed by atoms with Gasteiger partial charge in [-0.25, -0.2) is 5.43 Å². The predicted molar refractivity (Wildman–Crippen MR) is 81.5 cm³/mol. The molecule has 3 N–H and O–H groups in total. The highest BCUT2D eigenvalue weighted by molar-refractivity contribution is 6.39. The van der Waals surface area contributed by atoms with Gasteiger partial charge in [0.2, 0.25) is 5.91 Å². The molecule has 1 aromatic heterocycles. The molecule has 0 aliphatic carbocycles. The van der Waals surface area contributed by atoms with Gasteiger partial charge in [0.05, 0.1) is 13.7 Å². The topological polar surface area (TPSA) is 95.6 Å². The van der Waals surface area contributed by atoms with Crippen molar-refractivity contribution >= 4 is 28.4 Å². The molecule has 0 spiro atoms. The average molecular weight is 300 g/mol. The second kappa shape index (κ2) is 5.88. The van der Waals surface area contributed by atoms with Gasteiger partial charge >= 0.3 is 0 Å². The molecular weight excluding hydrogens is 284 g/mol. The van der Waals surface area contributed by atoms with Gasteiger partial charge in [0.1, 0.15) is 11.5 Å². The Balaban J connectivity index is 1.66. The highest BCUT2D eigenvalue weighted by atomic mass is 16.5. The number of amides is 2. The average Bonchev–Trinajstić information content (AvgIpc) is 2.95. The number of hydrogen-bond donors (Lipinski definition) is 3. The van der Waals surface area contributed by atoms with Crippen LogP contribution in [0.15, 0.2) is 29.4 Å². The van der Waals surface area contributed by atoms with Crippen LogP contribution in [0.5, 0.6) is 5.75 Å². The second-order valence-corrected chi connectivity index (χ2v) is 5.02. The third kappa shape index (κ3) is 2.93. The summed E-state index contributed by atoms with van der Waals surface area (Å²) in [4.78, 5) is 26.2. The first-order valence-corrected chi connectivity index (χ1v) is 6.95. The Kier molecular flexibility index (Phi) is 3.78. The number of nitrogens with one attached hydrogen (secondary N) is 3. The number of carbonyl (C=O) groups excluding carboxylic acids is 2. The molecule has 1 aromatic carbocycles. The normalized spacial score (nSPS) is 14.4. The molecule has 2 amide bonds. The van der Waals surface area contributed by atoms with Crippen molar-refractivity contribution in [3.63, 3.8) is 0 Å². The zero-order chi connectivity index (χ0) is 15.5. The number of fused-ring (bicyclic) bond motifs is 1. The minimum Gasteiger partial charge on any atom is -0.497 e. The van der Waals surface area contributed by atoms with Crippen LogP contribution in [0.3, 0.4) is 0 Å². The Labute approximate surface area is 126 Å². The molecule has 3 rings (SSSR count). The van der Waals surface area contributed by atoms with Gasteiger partial charge in [-0.15, -0.1) is 0 Å². The van der Waals surface area contributed by atoms with Crippen molar-refractivity contribution in [3.8, 4) is 5.75 Å². The molecule has 2 aromatic rings.